The Bertz CT molecular complexity index is 388. The summed E-state index contributed by atoms with van der Waals surface area (Å²) in [6.07, 6.45) is 2.75. The average molecular weight is 255 g/mol. The van der Waals surface area contributed by atoms with Crippen LogP contribution in [-0.4, -0.2) is 59.3 Å². The van der Waals surface area contributed by atoms with E-state index >= 15 is 0 Å². The molecule has 100 valence electrons. The Morgan fingerprint density at radius 1 is 1.56 bits per heavy atom. The lowest BCUT2D eigenvalue weighted by atomic mass is 10.3. The van der Waals surface area contributed by atoms with E-state index in [1.165, 1.54) is 17.3 Å². The van der Waals surface area contributed by atoms with Gasteiger partial charge < -0.3 is 20.2 Å². The first-order valence-corrected chi connectivity index (χ1v) is 5.40. The van der Waals surface area contributed by atoms with Crippen LogP contribution < -0.4 is 11.3 Å². The Labute approximate surface area is 105 Å². The second kappa shape index (κ2) is 7.54. The highest BCUT2D eigenvalue weighted by Crippen LogP contribution is 2.04. The summed E-state index contributed by atoms with van der Waals surface area (Å²) >= 11 is 0. The third kappa shape index (κ3) is 3.91. The van der Waals surface area contributed by atoms with Gasteiger partial charge in [0.05, 0.1) is 25.6 Å². The number of carbonyl (C=O) groups excluding carboxylic acids is 1. The summed E-state index contributed by atoms with van der Waals surface area (Å²) < 4.78 is 4.91. The Kier molecular flexibility index (Phi) is 5.98. The molecule has 0 fully saturated rings. The van der Waals surface area contributed by atoms with Crippen LogP contribution in [0.1, 0.15) is 10.5 Å². The van der Waals surface area contributed by atoms with Crippen LogP contribution in [0.15, 0.2) is 12.4 Å². The standard InChI is InChI=1S/C10H17N5O3/c1-18-5-3-15(2-4-16)10(17)8-6-12-7-9(13-8)14-11/h6-7,16H,2-5,11H2,1H3,(H,13,14). The zero-order valence-corrected chi connectivity index (χ0v) is 10.2. The third-order valence-electron chi connectivity index (χ3n) is 2.22. The minimum Gasteiger partial charge on any atom is -0.395 e. The van der Waals surface area contributed by atoms with Crippen molar-refractivity contribution in [1.29, 1.82) is 0 Å². The molecule has 0 saturated carbocycles. The van der Waals surface area contributed by atoms with Gasteiger partial charge >= 0.3 is 0 Å². The van der Waals surface area contributed by atoms with Crippen LogP contribution in [0.4, 0.5) is 5.82 Å². The minimum absolute atomic E-state index is 0.127. The van der Waals surface area contributed by atoms with Gasteiger partial charge in [0.1, 0.15) is 5.69 Å². The fourth-order valence-corrected chi connectivity index (χ4v) is 1.34. The van der Waals surface area contributed by atoms with E-state index in [4.69, 9.17) is 15.7 Å². The van der Waals surface area contributed by atoms with Crippen molar-refractivity contribution in [2.24, 2.45) is 5.84 Å². The second-order valence-corrected chi connectivity index (χ2v) is 3.44. The van der Waals surface area contributed by atoms with E-state index in [1.807, 2.05) is 0 Å². The number of nitrogens with zero attached hydrogens (tertiary/aromatic N) is 3. The summed E-state index contributed by atoms with van der Waals surface area (Å²) in [4.78, 5) is 21.4. The number of hydrazine groups is 1. The molecule has 0 aliphatic carbocycles. The number of carbonyl (C=O) groups is 1. The Morgan fingerprint density at radius 3 is 2.94 bits per heavy atom. The number of hydrogen-bond acceptors (Lipinski definition) is 7. The molecule has 0 atom stereocenters. The predicted octanol–water partition coefficient (Wildman–Crippen LogP) is -1.16. The van der Waals surface area contributed by atoms with Crippen molar-refractivity contribution in [1.82, 2.24) is 14.9 Å². The molecule has 1 aromatic rings. The summed E-state index contributed by atoms with van der Waals surface area (Å²) in [7, 11) is 1.54. The zero-order chi connectivity index (χ0) is 13.4. The number of hydrogen-bond donors (Lipinski definition) is 3. The van der Waals surface area contributed by atoms with Gasteiger partial charge in [-0.25, -0.2) is 10.8 Å². The van der Waals surface area contributed by atoms with Crippen LogP contribution in [0.25, 0.3) is 0 Å². The van der Waals surface area contributed by atoms with Crippen molar-refractivity contribution >= 4 is 11.7 Å². The highest BCUT2D eigenvalue weighted by Gasteiger charge is 2.17. The SMILES string of the molecule is COCCN(CCO)C(=O)c1cncc(NN)n1. The molecule has 8 heteroatoms. The molecule has 0 unspecified atom stereocenters. The topological polar surface area (TPSA) is 114 Å². The summed E-state index contributed by atoms with van der Waals surface area (Å²) in [5, 5.41) is 8.93. The second-order valence-electron chi connectivity index (χ2n) is 3.44. The lowest BCUT2D eigenvalue weighted by Crippen LogP contribution is -2.36. The number of aliphatic hydroxyl groups excluding tert-OH is 1. The Morgan fingerprint density at radius 2 is 2.33 bits per heavy atom. The minimum atomic E-state index is -0.328. The molecule has 0 aliphatic rings. The molecule has 1 heterocycles. The van der Waals surface area contributed by atoms with Crippen LogP contribution >= 0.6 is 0 Å². The van der Waals surface area contributed by atoms with Gasteiger partial charge in [-0.15, -0.1) is 0 Å². The van der Waals surface area contributed by atoms with Gasteiger partial charge in [0.15, 0.2) is 5.82 Å². The molecule has 1 rings (SSSR count). The maximum absolute atomic E-state index is 12.1. The Balaban J connectivity index is 2.79. The van der Waals surface area contributed by atoms with Crippen molar-refractivity contribution in [2.75, 3.05) is 38.8 Å². The molecule has 8 nitrogen and oxygen atoms in total. The lowest BCUT2D eigenvalue weighted by Gasteiger charge is -2.20. The first kappa shape index (κ1) is 14.3. The van der Waals surface area contributed by atoms with Crippen molar-refractivity contribution in [2.45, 2.75) is 0 Å². The fraction of sp³-hybridized carbons (Fsp3) is 0.500. The molecule has 1 aromatic heterocycles. The van der Waals surface area contributed by atoms with Crippen molar-refractivity contribution in [3.63, 3.8) is 0 Å². The Hall–Kier alpha value is -1.77. The summed E-state index contributed by atoms with van der Waals surface area (Å²) in [5.74, 6) is 5.17. The number of amides is 1. The molecule has 0 bridgehead atoms. The maximum Gasteiger partial charge on any atom is 0.274 e. The van der Waals surface area contributed by atoms with E-state index in [9.17, 15) is 4.79 Å². The van der Waals surface area contributed by atoms with E-state index in [0.717, 1.165) is 0 Å². The van der Waals surface area contributed by atoms with Crippen LogP contribution in [0.5, 0.6) is 0 Å². The van der Waals surface area contributed by atoms with Gasteiger partial charge in [-0.05, 0) is 0 Å². The van der Waals surface area contributed by atoms with Crippen LogP contribution in [0, 0.1) is 0 Å². The normalized spacial score (nSPS) is 10.2. The summed E-state index contributed by atoms with van der Waals surface area (Å²) in [5.41, 5.74) is 2.48. The van der Waals surface area contributed by atoms with E-state index < -0.39 is 0 Å². The first-order valence-electron chi connectivity index (χ1n) is 5.40. The van der Waals surface area contributed by atoms with Crippen LogP contribution in [0.2, 0.25) is 0 Å². The number of nitrogen functional groups attached to an aromatic ring is 1. The quantitative estimate of drug-likeness (QED) is 0.416. The van der Waals surface area contributed by atoms with Crippen molar-refractivity contribution in [3.8, 4) is 0 Å². The third-order valence-corrected chi connectivity index (χ3v) is 2.22. The van der Waals surface area contributed by atoms with Crippen molar-refractivity contribution in [3.05, 3.63) is 18.1 Å². The molecule has 0 spiro atoms. The van der Waals surface area contributed by atoms with Crippen LogP contribution in [0.3, 0.4) is 0 Å². The number of aliphatic hydroxyl groups is 1. The fourth-order valence-electron chi connectivity index (χ4n) is 1.34. The molecule has 18 heavy (non-hydrogen) atoms. The number of aromatic nitrogens is 2. The van der Waals surface area contributed by atoms with Gasteiger partial charge in [0.25, 0.3) is 5.91 Å². The van der Waals surface area contributed by atoms with Gasteiger partial charge in [-0.2, -0.15) is 0 Å². The first-order chi connectivity index (χ1) is 8.72. The molecule has 0 aliphatic heterocycles. The van der Waals surface area contributed by atoms with E-state index in [-0.39, 0.29) is 24.8 Å². The van der Waals surface area contributed by atoms with E-state index in [0.29, 0.717) is 19.0 Å². The highest BCUT2D eigenvalue weighted by atomic mass is 16.5. The molecule has 1 amide bonds. The number of rotatable bonds is 7. The number of methoxy groups -OCH3 is 1. The van der Waals surface area contributed by atoms with Gasteiger partial charge in [-0.1, -0.05) is 0 Å². The molecule has 0 aromatic carbocycles. The number of nitrogens with one attached hydrogen (secondary N) is 1. The highest BCUT2D eigenvalue weighted by molar-refractivity contribution is 5.92. The van der Waals surface area contributed by atoms with Crippen molar-refractivity contribution < 1.29 is 14.6 Å². The maximum atomic E-state index is 12.1. The summed E-state index contributed by atoms with van der Waals surface area (Å²) in [6, 6.07) is 0. The predicted molar refractivity (Wildman–Crippen MR) is 64.7 cm³/mol. The largest absolute Gasteiger partial charge is 0.395 e. The van der Waals surface area contributed by atoms with Crippen LogP contribution in [-0.2, 0) is 4.74 Å². The van der Waals surface area contributed by atoms with Gasteiger partial charge in [0.2, 0.25) is 0 Å². The van der Waals surface area contributed by atoms with E-state index in [2.05, 4.69) is 15.4 Å². The molecule has 0 radical (unpaired) electrons. The number of anilines is 1. The average Bonchev–Trinajstić information content (AvgIpc) is 2.42. The smallest absolute Gasteiger partial charge is 0.274 e. The number of nitrogens with two attached hydrogens (primary N) is 1. The summed E-state index contributed by atoms with van der Waals surface area (Å²) in [6.45, 7) is 0.841. The van der Waals surface area contributed by atoms with E-state index in [1.54, 1.807) is 7.11 Å². The molecule has 4 N–H and O–H groups in total. The lowest BCUT2D eigenvalue weighted by molar-refractivity contribution is 0.0650. The zero-order valence-electron chi connectivity index (χ0n) is 10.2. The number of ether oxygens (including phenoxy) is 1. The van der Waals surface area contributed by atoms with Gasteiger partial charge in [0, 0.05) is 20.2 Å². The monoisotopic (exact) mass is 255 g/mol. The molecular weight excluding hydrogens is 238 g/mol. The molecular formula is C10H17N5O3. The van der Waals surface area contributed by atoms with Gasteiger partial charge in [-0.3, -0.25) is 9.78 Å². The molecule has 0 saturated heterocycles.